The largest absolute Gasteiger partial charge is 0.393 e. The maximum absolute atomic E-state index is 12.5. The predicted octanol–water partition coefficient (Wildman–Crippen LogP) is 1.24. The molecule has 116 valence electrons. The van der Waals surface area contributed by atoms with Gasteiger partial charge in [-0.3, -0.25) is 4.79 Å². The van der Waals surface area contributed by atoms with E-state index in [2.05, 4.69) is 23.8 Å². The molecule has 0 bridgehead atoms. The van der Waals surface area contributed by atoms with Crippen molar-refractivity contribution in [2.24, 2.45) is 5.92 Å². The summed E-state index contributed by atoms with van der Waals surface area (Å²) in [5.74, 6) is 0.463. The number of anilines is 1. The Morgan fingerprint density at radius 1 is 1.43 bits per heavy atom. The third-order valence-electron chi connectivity index (χ3n) is 3.62. The standard InChI is InChI=1S/C15H24N4O2/c1-10(2)8-11-9-13(18-15(16)17-11)14(21)19-6-3-4-12(20)5-7-19/h9-10,12,20H,3-8H2,1-2H3,(H2,16,17,18). The molecule has 2 heterocycles. The fourth-order valence-corrected chi connectivity index (χ4v) is 2.59. The molecule has 1 aromatic rings. The van der Waals surface area contributed by atoms with Gasteiger partial charge in [0.25, 0.3) is 5.91 Å². The number of aliphatic hydroxyl groups is 1. The van der Waals surface area contributed by atoms with E-state index in [1.807, 2.05) is 0 Å². The van der Waals surface area contributed by atoms with E-state index in [1.54, 1.807) is 11.0 Å². The Balaban J connectivity index is 2.16. The van der Waals surface area contributed by atoms with Crippen LogP contribution in [-0.4, -0.2) is 45.1 Å². The number of rotatable bonds is 3. The number of carbonyl (C=O) groups is 1. The fraction of sp³-hybridized carbons (Fsp3) is 0.667. The summed E-state index contributed by atoms with van der Waals surface area (Å²) in [6, 6.07) is 1.74. The molecule has 1 aliphatic heterocycles. The monoisotopic (exact) mass is 292 g/mol. The zero-order valence-electron chi connectivity index (χ0n) is 12.7. The molecular formula is C15H24N4O2. The summed E-state index contributed by atoms with van der Waals surface area (Å²) in [6.07, 6.45) is 2.63. The Labute approximate surface area is 125 Å². The SMILES string of the molecule is CC(C)Cc1cc(C(=O)N2CCCC(O)CC2)nc(N)n1. The predicted molar refractivity (Wildman–Crippen MR) is 80.7 cm³/mol. The van der Waals surface area contributed by atoms with Crippen molar-refractivity contribution in [3.05, 3.63) is 17.5 Å². The Hall–Kier alpha value is -1.69. The van der Waals surface area contributed by atoms with Crippen LogP contribution in [0, 0.1) is 5.92 Å². The van der Waals surface area contributed by atoms with Gasteiger partial charge in [-0.1, -0.05) is 13.8 Å². The second-order valence-electron chi connectivity index (χ2n) is 6.08. The van der Waals surface area contributed by atoms with Crippen molar-refractivity contribution in [2.75, 3.05) is 18.8 Å². The van der Waals surface area contributed by atoms with E-state index in [0.29, 0.717) is 31.1 Å². The molecule has 21 heavy (non-hydrogen) atoms. The highest BCUT2D eigenvalue weighted by Crippen LogP contribution is 2.15. The Morgan fingerprint density at radius 2 is 2.19 bits per heavy atom. The summed E-state index contributed by atoms with van der Waals surface area (Å²) in [6.45, 7) is 5.40. The normalized spacial score (nSPS) is 19.6. The van der Waals surface area contributed by atoms with Gasteiger partial charge in [-0.05, 0) is 37.7 Å². The molecule has 1 amide bonds. The molecule has 6 nitrogen and oxygen atoms in total. The van der Waals surface area contributed by atoms with Crippen LogP contribution in [0.5, 0.6) is 0 Å². The molecule has 0 spiro atoms. The number of nitrogens with two attached hydrogens (primary N) is 1. The van der Waals surface area contributed by atoms with Crippen LogP contribution in [0.4, 0.5) is 5.95 Å². The lowest BCUT2D eigenvalue weighted by Gasteiger charge is -2.20. The van der Waals surface area contributed by atoms with Gasteiger partial charge in [-0.15, -0.1) is 0 Å². The number of aliphatic hydroxyl groups excluding tert-OH is 1. The highest BCUT2D eigenvalue weighted by atomic mass is 16.3. The van der Waals surface area contributed by atoms with Gasteiger partial charge in [0.1, 0.15) is 5.69 Å². The van der Waals surface area contributed by atoms with Crippen molar-refractivity contribution in [1.29, 1.82) is 0 Å². The van der Waals surface area contributed by atoms with Crippen molar-refractivity contribution in [1.82, 2.24) is 14.9 Å². The van der Waals surface area contributed by atoms with Crippen LogP contribution >= 0.6 is 0 Å². The summed E-state index contributed by atoms with van der Waals surface area (Å²) in [4.78, 5) is 22.6. The smallest absolute Gasteiger partial charge is 0.272 e. The van der Waals surface area contributed by atoms with Gasteiger partial charge in [0.05, 0.1) is 6.10 Å². The van der Waals surface area contributed by atoms with Crippen LogP contribution in [-0.2, 0) is 6.42 Å². The molecule has 1 aliphatic rings. The van der Waals surface area contributed by atoms with Crippen molar-refractivity contribution < 1.29 is 9.90 Å². The van der Waals surface area contributed by atoms with E-state index in [9.17, 15) is 9.90 Å². The number of hydrogen-bond donors (Lipinski definition) is 2. The maximum Gasteiger partial charge on any atom is 0.272 e. The average molecular weight is 292 g/mol. The molecule has 3 N–H and O–H groups in total. The first-order valence-corrected chi connectivity index (χ1v) is 7.56. The van der Waals surface area contributed by atoms with Gasteiger partial charge in [0.2, 0.25) is 5.95 Å². The Kier molecular flexibility index (Phi) is 5.12. The number of carbonyl (C=O) groups excluding carboxylic acids is 1. The molecule has 0 aliphatic carbocycles. The van der Waals surface area contributed by atoms with Crippen LogP contribution in [0.2, 0.25) is 0 Å². The van der Waals surface area contributed by atoms with E-state index in [1.165, 1.54) is 0 Å². The maximum atomic E-state index is 12.5. The van der Waals surface area contributed by atoms with Crippen LogP contribution in [0.1, 0.15) is 49.3 Å². The van der Waals surface area contributed by atoms with E-state index >= 15 is 0 Å². The third-order valence-corrected chi connectivity index (χ3v) is 3.62. The van der Waals surface area contributed by atoms with Crippen LogP contribution in [0.25, 0.3) is 0 Å². The number of aromatic nitrogens is 2. The van der Waals surface area contributed by atoms with Gasteiger partial charge in [0, 0.05) is 18.8 Å². The minimum atomic E-state index is -0.310. The number of nitrogen functional groups attached to an aromatic ring is 1. The molecule has 1 aromatic heterocycles. The number of hydrogen-bond acceptors (Lipinski definition) is 5. The summed E-state index contributed by atoms with van der Waals surface area (Å²) >= 11 is 0. The second-order valence-corrected chi connectivity index (χ2v) is 6.08. The molecule has 0 saturated carbocycles. The van der Waals surface area contributed by atoms with Gasteiger partial charge >= 0.3 is 0 Å². The van der Waals surface area contributed by atoms with Crippen LogP contribution < -0.4 is 5.73 Å². The molecular weight excluding hydrogens is 268 g/mol. The second kappa shape index (κ2) is 6.85. The highest BCUT2D eigenvalue weighted by Gasteiger charge is 2.22. The first-order chi connectivity index (χ1) is 9.95. The van der Waals surface area contributed by atoms with Gasteiger partial charge < -0.3 is 15.7 Å². The molecule has 6 heteroatoms. The molecule has 1 atom stereocenters. The summed E-state index contributed by atoms with van der Waals surface area (Å²) in [5, 5.41) is 9.66. The van der Waals surface area contributed by atoms with E-state index < -0.39 is 0 Å². The minimum absolute atomic E-state index is 0.122. The zero-order valence-corrected chi connectivity index (χ0v) is 12.7. The van der Waals surface area contributed by atoms with Crippen molar-refractivity contribution in [3.63, 3.8) is 0 Å². The van der Waals surface area contributed by atoms with Gasteiger partial charge in [0.15, 0.2) is 0 Å². The van der Waals surface area contributed by atoms with Crippen molar-refractivity contribution in [3.8, 4) is 0 Å². The highest BCUT2D eigenvalue weighted by molar-refractivity contribution is 5.92. The zero-order chi connectivity index (χ0) is 15.4. The lowest BCUT2D eigenvalue weighted by Crippen LogP contribution is -2.33. The molecule has 1 saturated heterocycles. The Morgan fingerprint density at radius 3 is 2.90 bits per heavy atom. The first-order valence-electron chi connectivity index (χ1n) is 7.56. The van der Waals surface area contributed by atoms with E-state index in [-0.39, 0.29) is 18.0 Å². The molecule has 0 aromatic carbocycles. The molecule has 1 fully saturated rings. The van der Waals surface area contributed by atoms with Crippen LogP contribution in [0.3, 0.4) is 0 Å². The van der Waals surface area contributed by atoms with Crippen molar-refractivity contribution >= 4 is 11.9 Å². The average Bonchev–Trinajstić information content (AvgIpc) is 2.61. The quantitative estimate of drug-likeness (QED) is 0.874. The van der Waals surface area contributed by atoms with Gasteiger partial charge in [-0.2, -0.15) is 0 Å². The summed E-state index contributed by atoms with van der Waals surface area (Å²) in [7, 11) is 0. The number of nitrogens with zero attached hydrogens (tertiary/aromatic N) is 3. The first kappa shape index (κ1) is 15.7. The fourth-order valence-electron chi connectivity index (χ4n) is 2.59. The van der Waals surface area contributed by atoms with Gasteiger partial charge in [-0.25, -0.2) is 9.97 Å². The lowest BCUT2D eigenvalue weighted by atomic mass is 10.1. The van der Waals surface area contributed by atoms with E-state index in [4.69, 9.17) is 5.73 Å². The van der Waals surface area contributed by atoms with Crippen molar-refractivity contribution in [2.45, 2.75) is 45.6 Å². The summed E-state index contributed by atoms with van der Waals surface area (Å²) < 4.78 is 0. The minimum Gasteiger partial charge on any atom is -0.393 e. The molecule has 1 unspecified atom stereocenters. The van der Waals surface area contributed by atoms with E-state index in [0.717, 1.165) is 25.0 Å². The topological polar surface area (TPSA) is 92.3 Å². The molecule has 0 radical (unpaired) electrons. The number of amides is 1. The summed E-state index contributed by atoms with van der Waals surface area (Å²) in [5.41, 5.74) is 6.88. The molecule has 2 rings (SSSR count). The number of likely N-dealkylation sites (tertiary alicyclic amines) is 1. The third kappa shape index (κ3) is 4.39. The Bertz CT molecular complexity index is 504. The van der Waals surface area contributed by atoms with Crippen LogP contribution in [0.15, 0.2) is 6.07 Å². The lowest BCUT2D eigenvalue weighted by molar-refractivity contribution is 0.0747.